The topological polar surface area (TPSA) is 97.5 Å². The molecule has 2 aliphatic carbocycles. The Labute approximate surface area is 224 Å². The molecule has 0 bridgehead atoms. The van der Waals surface area contributed by atoms with E-state index in [9.17, 15) is 40.3 Å². The monoisotopic (exact) mass is 573 g/mol. The molecule has 0 saturated heterocycles. The van der Waals surface area contributed by atoms with E-state index >= 15 is 0 Å². The zero-order chi connectivity index (χ0) is 29.2. The molecule has 1 fully saturated rings. The van der Waals surface area contributed by atoms with E-state index in [-0.39, 0.29) is 36.1 Å². The smallest absolute Gasteiger partial charge is 0.388 e. The number of benzene rings is 2. The van der Waals surface area contributed by atoms with E-state index in [4.69, 9.17) is 5.73 Å². The molecule has 4 rings (SSSR count). The number of alkyl halides is 4. The van der Waals surface area contributed by atoms with Gasteiger partial charge in [0.25, 0.3) is 0 Å². The molecule has 1 saturated carbocycles. The van der Waals surface area contributed by atoms with E-state index in [2.05, 4.69) is 0 Å². The van der Waals surface area contributed by atoms with Gasteiger partial charge in [0.15, 0.2) is 15.6 Å². The summed E-state index contributed by atoms with van der Waals surface area (Å²) in [4.78, 5) is 12.8. The molecular formula is C28H32F5NO4S. The minimum atomic E-state index is -5.17. The molecule has 2 aromatic rings. The molecule has 0 amide bonds. The van der Waals surface area contributed by atoms with Gasteiger partial charge in [-0.05, 0) is 99.2 Å². The maximum Gasteiger partial charge on any atom is 0.426 e. The molecule has 39 heavy (non-hydrogen) atoms. The second-order valence-electron chi connectivity index (χ2n) is 11.5. The number of sulfone groups is 1. The summed E-state index contributed by atoms with van der Waals surface area (Å²) in [5.41, 5.74) is 0.769. The van der Waals surface area contributed by atoms with Gasteiger partial charge in [0.1, 0.15) is 10.6 Å². The van der Waals surface area contributed by atoms with Crippen LogP contribution in [0.25, 0.3) is 0 Å². The zero-order valence-corrected chi connectivity index (χ0v) is 22.7. The fraction of sp³-hybridized carbons (Fsp3) is 0.536. The van der Waals surface area contributed by atoms with Gasteiger partial charge < -0.3 is 10.8 Å². The number of halogens is 5. The average Bonchev–Trinajstić information content (AvgIpc) is 3.22. The molecule has 1 unspecified atom stereocenters. The Balaban J connectivity index is 1.85. The van der Waals surface area contributed by atoms with Gasteiger partial charge in [-0.25, -0.2) is 17.2 Å². The molecule has 5 nitrogen and oxygen atoms in total. The normalized spacial score (nSPS) is 25.9. The largest absolute Gasteiger partial charge is 0.426 e. The van der Waals surface area contributed by atoms with Gasteiger partial charge in [0, 0.05) is 6.42 Å². The SMILES string of the molecule is CC(C)(O)[C@@H](N)C(=O)C[C@@H]1CC[C@@]2(S(=O)(=O)c3ccc(F)cc3)c3ccc(C(C)(F)C(F)(F)F)cc3CC[C@@H]12. The van der Waals surface area contributed by atoms with Crippen molar-refractivity contribution in [3.05, 3.63) is 65.0 Å². The van der Waals surface area contributed by atoms with Crippen molar-refractivity contribution < 1.29 is 40.3 Å². The first-order valence-corrected chi connectivity index (χ1v) is 14.2. The number of carbonyl (C=O) groups excluding carboxylic acids is 1. The van der Waals surface area contributed by atoms with Gasteiger partial charge in [-0.1, -0.05) is 18.2 Å². The zero-order valence-electron chi connectivity index (χ0n) is 21.9. The number of ketones is 1. The van der Waals surface area contributed by atoms with Crippen LogP contribution in [-0.4, -0.2) is 37.1 Å². The Kier molecular flexibility index (Phi) is 7.31. The van der Waals surface area contributed by atoms with E-state index in [0.717, 1.165) is 36.4 Å². The van der Waals surface area contributed by atoms with Crippen molar-refractivity contribution in [3.8, 4) is 0 Å². The van der Waals surface area contributed by atoms with Gasteiger partial charge in [-0.2, -0.15) is 13.2 Å². The number of aliphatic hydroxyl groups is 1. The van der Waals surface area contributed by atoms with E-state index in [1.54, 1.807) is 0 Å². The predicted octanol–water partition coefficient (Wildman–Crippen LogP) is 5.27. The van der Waals surface area contributed by atoms with E-state index in [1.807, 2.05) is 0 Å². The first-order valence-electron chi connectivity index (χ1n) is 12.7. The van der Waals surface area contributed by atoms with Crippen molar-refractivity contribution in [2.24, 2.45) is 17.6 Å². The highest BCUT2D eigenvalue weighted by Crippen LogP contribution is 2.60. The summed E-state index contributed by atoms with van der Waals surface area (Å²) in [6.07, 6.45) is -4.48. The Hall–Kier alpha value is -2.37. The second kappa shape index (κ2) is 9.62. The lowest BCUT2D eigenvalue weighted by molar-refractivity contribution is -0.228. The van der Waals surface area contributed by atoms with Crippen LogP contribution in [-0.2, 0) is 31.5 Å². The first kappa shape index (κ1) is 29.6. The van der Waals surface area contributed by atoms with Crippen LogP contribution in [0.15, 0.2) is 47.4 Å². The molecule has 2 aliphatic rings. The number of carbonyl (C=O) groups is 1. The van der Waals surface area contributed by atoms with Crippen molar-refractivity contribution >= 4 is 15.6 Å². The first-order chi connectivity index (χ1) is 17.8. The fourth-order valence-electron chi connectivity index (χ4n) is 6.28. The lowest BCUT2D eigenvalue weighted by Gasteiger charge is -2.43. The van der Waals surface area contributed by atoms with E-state index < -0.39 is 67.1 Å². The number of aryl methyl sites for hydroxylation is 1. The molecule has 0 aromatic heterocycles. The molecule has 0 heterocycles. The molecule has 0 radical (unpaired) electrons. The molecule has 214 valence electrons. The minimum absolute atomic E-state index is 0.0611. The maximum atomic E-state index is 14.8. The van der Waals surface area contributed by atoms with Crippen molar-refractivity contribution in [2.75, 3.05) is 0 Å². The highest BCUT2D eigenvalue weighted by molar-refractivity contribution is 7.92. The summed E-state index contributed by atoms with van der Waals surface area (Å²) in [7, 11) is -4.26. The Bertz CT molecular complexity index is 1370. The number of nitrogens with two attached hydrogens (primary N) is 1. The second-order valence-corrected chi connectivity index (χ2v) is 13.7. The van der Waals surface area contributed by atoms with Crippen LogP contribution in [0.3, 0.4) is 0 Å². The van der Waals surface area contributed by atoms with Gasteiger partial charge >= 0.3 is 6.18 Å². The Morgan fingerprint density at radius 1 is 1.08 bits per heavy atom. The van der Waals surface area contributed by atoms with Gasteiger partial charge in [-0.15, -0.1) is 0 Å². The summed E-state index contributed by atoms with van der Waals surface area (Å²) < 4.78 is 95.8. The summed E-state index contributed by atoms with van der Waals surface area (Å²) in [5, 5.41) is 10.2. The Morgan fingerprint density at radius 3 is 2.26 bits per heavy atom. The van der Waals surface area contributed by atoms with Crippen molar-refractivity contribution in [2.45, 2.75) is 86.0 Å². The lowest BCUT2D eigenvalue weighted by Crippen LogP contribution is -2.50. The van der Waals surface area contributed by atoms with Crippen LogP contribution in [0.1, 0.15) is 63.1 Å². The van der Waals surface area contributed by atoms with Crippen LogP contribution in [0.4, 0.5) is 22.0 Å². The fourth-order valence-corrected chi connectivity index (χ4v) is 8.78. The summed E-state index contributed by atoms with van der Waals surface area (Å²) in [5.74, 6) is -2.11. The van der Waals surface area contributed by atoms with Crippen molar-refractivity contribution in [1.29, 1.82) is 0 Å². The number of hydrogen-bond donors (Lipinski definition) is 2. The minimum Gasteiger partial charge on any atom is -0.388 e. The van der Waals surface area contributed by atoms with Gasteiger partial charge in [0.05, 0.1) is 16.5 Å². The summed E-state index contributed by atoms with van der Waals surface area (Å²) in [6, 6.07) is 6.44. The quantitative estimate of drug-likeness (QED) is 0.348. The standard InChI is InChI=1S/C28H32F5NO4S/c1-25(2,36)24(34)23(35)15-17-12-13-27(39(37,38)20-8-6-19(29)7-9-20)21(17)10-4-16-14-18(5-11-22(16)27)26(3,30)28(31,32)33/h5-9,11,14,17,21,24,36H,4,10,12-13,15,34H2,1-3H3/t17-,21-,24-,26?,27-/m0/s1. The van der Waals surface area contributed by atoms with Crippen molar-refractivity contribution in [1.82, 2.24) is 0 Å². The molecule has 0 aliphatic heterocycles. The number of hydrogen-bond acceptors (Lipinski definition) is 5. The third-order valence-corrected chi connectivity index (χ3v) is 11.2. The van der Waals surface area contributed by atoms with Crippen LogP contribution in [0, 0.1) is 17.7 Å². The summed E-state index contributed by atoms with van der Waals surface area (Å²) in [6.45, 7) is 3.23. The Morgan fingerprint density at radius 2 is 1.69 bits per heavy atom. The third-order valence-electron chi connectivity index (χ3n) is 8.59. The molecule has 2 aromatic carbocycles. The van der Waals surface area contributed by atoms with Crippen molar-refractivity contribution in [3.63, 3.8) is 0 Å². The summed E-state index contributed by atoms with van der Waals surface area (Å²) >= 11 is 0. The van der Waals surface area contributed by atoms with Crippen LogP contribution in [0.2, 0.25) is 0 Å². The highest BCUT2D eigenvalue weighted by atomic mass is 32.2. The van der Waals surface area contributed by atoms with Gasteiger partial charge in [-0.3, -0.25) is 4.79 Å². The van der Waals surface area contributed by atoms with Gasteiger partial charge in [0.2, 0.25) is 5.67 Å². The highest BCUT2D eigenvalue weighted by Gasteiger charge is 2.61. The third kappa shape index (κ3) is 4.80. The molecule has 5 atom stereocenters. The predicted molar refractivity (Wildman–Crippen MR) is 135 cm³/mol. The molecule has 0 spiro atoms. The van der Waals surface area contributed by atoms with Crippen LogP contribution >= 0.6 is 0 Å². The number of rotatable bonds is 7. The molecule has 11 heteroatoms. The average molecular weight is 574 g/mol. The lowest BCUT2D eigenvalue weighted by atomic mass is 9.71. The molecule has 3 N–H and O–H groups in total. The van der Waals surface area contributed by atoms with E-state index in [1.165, 1.54) is 19.9 Å². The van der Waals surface area contributed by atoms with Crippen LogP contribution < -0.4 is 5.73 Å². The van der Waals surface area contributed by atoms with Crippen LogP contribution in [0.5, 0.6) is 0 Å². The number of fused-ring (bicyclic) bond motifs is 3. The maximum absolute atomic E-state index is 14.8. The molecular weight excluding hydrogens is 541 g/mol. The number of Topliss-reactive ketones (excluding diaryl/α,β-unsaturated/α-hetero) is 1. The van der Waals surface area contributed by atoms with E-state index in [0.29, 0.717) is 18.9 Å².